The predicted molar refractivity (Wildman–Crippen MR) is 65.7 cm³/mol. The SMILES string of the molecule is CCOC(=O)C1=C(C)NC(C)=C(C(OC=O)C(=O)[O-])C1.[Na+]. The van der Waals surface area contributed by atoms with Gasteiger partial charge in [0.2, 0.25) is 0 Å². The minimum absolute atomic E-state index is 0. The number of ether oxygens (including phenoxy) is 2. The fraction of sp³-hybridized carbons (Fsp3) is 0.462. The van der Waals surface area contributed by atoms with E-state index in [9.17, 15) is 19.5 Å². The molecule has 0 aliphatic carbocycles. The number of hydrogen-bond donors (Lipinski definition) is 1. The first kappa shape index (κ1) is 19.7. The molecule has 1 heterocycles. The molecule has 1 aliphatic heterocycles. The van der Waals surface area contributed by atoms with Crippen molar-refractivity contribution in [1.29, 1.82) is 0 Å². The van der Waals surface area contributed by atoms with E-state index in [4.69, 9.17) is 4.74 Å². The maximum Gasteiger partial charge on any atom is 1.00 e. The Morgan fingerprint density at radius 1 is 1.38 bits per heavy atom. The Kier molecular flexibility index (Phi) is 8.31. The van der Waals surface area contributed by atoms with Crippen LogP contribution in [-0.4, -0.2) is 31.1 Å². The van der Waals surface area contributed by atoms with Crippen molar-refractivity contribution >= 4 is 18.4 Å². The molecule has 1 rings (SSSR count). The van der Waals surface area contributed by atoms with Gasteiger partial charge in [-0.15, -0.1) is 0 Å². The smallest absolute Gasteiger partial charge is 0.546 e. The molecule has 8 heteroatoms. The van der Waals surface area contributed by atoms with Crippen molar-refractivity contribution in [2.24, 2.45) is 0 Å². The summed E-state index contributed by atoms with van der Waals surface area (Å²) >= 11 is 0. The van der Waals surface area contributed by atoms with Gasteiger partial charge in [-0.1, -0.05) is 0 Å². The molecule has 0 spiro atoms. The largest absolute Gasteiger partial charge is 1.00 e. The van der Waals surface area contributed by atoms with E-state index in [1.807, 2.05) is 0 Å². The third-order valence-electron chi connectivity index (χ3n) is 2.92. The summed E-state index contributed by atoms with van der Waals surface area (Å²) in [4.78, 5) is 33.2. The van der Waals surface area contributed by atoms with Crippen molar-refractivity contribution in [3.63, 3.8) is 0 Å². The van der Waals surface area contributed by atoms with Crippen LogP contribution in [0.5, 0.6) is 0 Å². The second-order valence-electron chi connectivity index (χ2n) is 4.21. The van der Waals surface area contributed by atoms with Gasteiger partial charge in [0.15, 0.2) is 6.10 Å². The number of carbonyl (C=O) groups excluding carboxylic acids is 3. The monoisotopic (exact) mass is 305 g/mol. The molecule has 0 aromatic rings. The third kappa shape index (κ3) is 4.87. The minimum Gasteiger partial charge on any atom is -0.546 e. The average molecular weight is 305 g/mol. The van der Waals surface area contributed by atoms with Crippen LogP contribution in [0.2, 0.25) is 0 Å². The third-order valence-corrected chi connectivity index (χ3v) is 2.92. The average Bonchev–Trinajstić information content (AvgIpc) is 2.36. The quantitative estimate of drug-likeness (QED) is 0.307. The number of dihydropyridines is 1. The van der Waals surface area contributed by atoms with E-state index in [1.165, 1.54) is 0 Å². The molecule has 1 N–H and O–H groups in total. The summed E-state index contributed by atoms with van der Waals surface area (Å²) in [6.45, 7) is 5.23. The van der Waals surface area contributed by atoms with E-state index in [-0.39, 0.29) is 54.6 Å². The number of carbonyl (C=O) groups is 3. The van der Waals surface area contributed by atoms with Gasteiger partial charge < -0.3 is 24.7 Å². The Bertz CT molecular complexity index is 497. The summed E-state index contributed by atoms with van der Waals surface area (Å²) in [5.41, 5.74) is 1.64. The van der Waals surface area contributed by atoms with Gasteiger partial charge in [-0.3, -0.25) is 4.79 Å². The van der Waals surface area contributed by atoms with E-state index in [0.717, 1.165) is 0 Å². The zero-order valence-corrected chi connectivity index (χ0v) is 14.5. The first-order valence-corrected chi connectivity index (χ1v) is 6.05. The van der Waals surface area contributed by atoms with Crippen LogP contribution in [0.4, 0.5) is 0 Å². The Morgan fingerprint density at radius 2 is 2.00 bits per heavy atom. The number of carboxylic acids is 1. The maximum absolute atomic E-state index is 11.8. The van der Waals surface area contributed by atoms with Crippen molar-refractivity contribution in [2.45, 2.75) is 33.3 Å². The van der Waals surface area contributed by atoms with Crippen LogP contribution in [0.3, 0.4) is 0 Å². The summed E-state index contributed by atoms with van der Waals surface area (Å²) in [6, 6.07) is 0. The number of nitrogens with one attached hydrogen (secondary N) is 1. The van der Waals surface area contributed by atoms with Gasteiger partial charge >= 0.3 is 35.5 Å². The van der Waals surface area contributed by atoms with E-state index >= 15 is 0 Å². The molecule has 1 unspecified atom stereocenters. The molecule has 1 aliphatic rings. The van der Waals surface area contributed by atoms with Crippen LogP contribution < -0.4 is 40.0 Å². The van der Waals surface area contributed by atoms with Gasteiger partial charge in [0.25, 0.3) is 6.47 Å². The van der Waals surface area contributed by atoms with Crippen molar-refractivity contribution < 1.29 is 58.5 Å². The van der Waals surface area contributed by atoms with Gasteiger partial charge in [-0.2, -0.15) is 0 Å². The Labute approximate surface area is 144 Å². The summed E-state index contributed by atoms with van der Waals surface area (Å²) in [6.07, 6.45) is -1.51. The van der Waals surface area contributed by atoms with Gasteiger partial charge in [0.05, 0.1) is 18.1 Å². The summed E-state index contributed by atoms with van der Waals surface area (Å²) in [5, 5.41) is 13.9. The maximum atomic E-state index is 11.8. The number of aliphatic carboxylic acids is 1. The standard InChI is InChI=1S/C13H17NO6.Na/c1-4-19-13(18)10-5-9(7(2)14-8(10)3)11(12(16)17)20-6-15;/h6,11,14H,4-5H2,1-3H3,(H,16,17);/q;+1/p-1. The van der Waals surface area contributed by atoms with Crippen molar-refractivity contribution in [2.75, 3.05) is 6.61 Å². The topological polar surface area (TPSA) is 105 Å². The van der Waals surface area contributed by atoms with Gasteiger partial charge in [-0.25, -0.2) is 4.79 Å². The number of esters is 1. The van der Waals surface area contributed by atoms with Crippen molar-refractivity contribution in [3.05, 3.63) is 22.5 Å². The molecule has 0 amide bonds. The Morgan fingerprint density at radius 3 is 2.48 bits per heavy atom. The summed E-state index contributed by atoms with van der Waals surface area (Å²) in [7, 11) is 0. The second-order valence-corrected chi connectivity index (χ2v) is 4.21. The normalized spacial score (nSPS) is 15.6. The molecular formula is C13H16NNaO6. The first-order valence-electron chi connectivity index (χ1n) is 6.05. The predicted octanol–water partition coefficient (Wildman–Crippen LogP) is -3.61. The fourth-order valence-electron chi connectivity index (χ4n) is 1.96. The molecule has 0 bridgehead atoms. The number of carboxylic acid groups (broad SMARTS) is 1. The zero-order chi connectivity index (χ0) is 15.3. The molecule has 1 atom stereocenters. The number of hydrogen-bond acceptors (Lipinski definition) is 7. The first-order chi connectivity index (χ1) is 9.42. The molecule has 110 valence electrons. The van der Waals surface area contributed by atoms with Crippen molar-refractivity contribution in [1.82, 2.24) is 5.32 Å². The van der Waals surface area contributed by atoms with E-state index < -0.39 is 18.0 Å². The molecular weight excluding hydrogens is 289 g/mol. The zero-order valence-electron chi connectivity index (χ0n) is 12.5. The molecule has 0 radical (unpaired) electrons. The molecule has 0 fully saturated rings. The van der Waals surface area contributed by atoms with Crippen LogP contribution in [0.25, 0.3) is 0 Å². The second kappa shape index (κ2) is 8.86. The number of rotatable bonds is 6. The van der Waals surface area contributed by atoms with Crippen molar-refractivity contribution in [3.8, 4) is 0 Å². The fourth-order valence-corrected chi connectivity index (χ4v) is 1.96. The summed E-state index contributed by atoms with van der Waals surface area (Å²) in [5.74, 6) is -2.08. The van der Waals surface area contributed by atoms with Crippen LogP contribution in [0.15, 0.2) is 22.5 Å². The molecule has 0 saturated carbocycles. The van der Waals surface area contributed by atoms with E-state index in [1.54, 1.807) is 20.8 Å². The van der Waals surface area contributed by atoms with Gasteiger partial charge in [0, 0.05) is 17.8 Å². The van der Waals surface area contributed by atoms with Gasteiger partial charge in [0.1, 0.15) is 0 Å². The minimum atomic E-state index is -1.55. The Balaban J connectivity index is 0.00000400. The molecule has 0 aromatic heterocycles. The molecule has 21 heavy (non-hydrogen) atoms. The number of allylic oxidation sites excluding steroid dienone is 2. The van der Waals surface area contributed by atoms with Crippen LogP contribution in [0.1, 0.15) is 27.2 Å². The van der Waals surface area contributed by atoms with Gasteiger partial charge in [-0.05, 0) is 26.3 Å². The van der Waals surface area contributed by atoms with Crippen LogP contribution >= 0.6 is 0 Å². The van der Waals surface area contributed by atoms with E-state index in [2.05, 4.69) is 10.1 Å². The van der Waals surface area contributed by atoms with Crippen LogP contribution in [-0.2, 0) is 23.9 Å². The molecule has 7 nitrogen and oxygen atoms in total. The van der Waals surface area contributed by atoms with Crippen LogP contribution in [0, 0.1) is 0 Å². The summed E-state index contributed by atoms with van der Waals surface area (Å²) < 4.78 is 9.42. The molecule has 0 aromatic carbocycles. The van der Waals surface area contributed by atoms with E-state index in [0.29, 0.717) is 17.0 Å². The molecule has 0 saturated heterocycles. The Hall–Kier alpha value is -1.31.